The molecule has 0 saturated carbocycles. The predicted molar refractivity (Wildman–Crippen MR) is 275 cm³/mol. The highest BCUT2D eigenvalue weighted by Crippen LogP contribution is 2.14. The van der Waals surface area contributed by atoms with Crippen LogP contribution in [0, 0.1) is 0 Å². The molecule has 26 nitrogen and oxygen atoms in total. The standard InChI is InChI=1S/C52H78N6O20/c1-67-18-19-68-20-21-69-22-23-70-24-25-71-26-27-72-28-29-73-30-31-74-32-33-75-34-35-76-40-47(61)53-17-9-8-14-43(57-52(66)77-39-42-12-6-3-7-13-42)50(64)55-37-45(59)54-38-46(60)56-44(36-41-10-4-2-5-11-41)51(65)78-58-48(62)15-16-49(58)63/h2-7,10-13,43-44H,8-9,14-40H2,1H3,(H,53,61)(H,54,59)(H,55,64)(H,56,60)(H,57,66)/t43-,44-/m0/s1. The minimum absolute atomic E-state index is 0.0518. The van der Waals surface area contributed by atoms with Gasteiger partial charge in [-0.05, 0) is 30.4 Å². The molecule has 1 heterocycles. The SMILES string of the molecule is COCCOCCOCCOCCOCCOCCOCCOCCOCCOCC(=O)NCCCC[C@H](NC(=O)OCc1ccccc1)C(=O)NCC(=O)NCC(=O)N[C@@H](Cc1ccccc1)C(=O)ON1C(=O)CCC1=O. The molecule has 2 atom stereocenters. The molecule has 0 bridgehead atoms. The van der Waals surface area contributed by atoms with Crippen LogP contribution in [-0.2, 0) is 104 Å². The highest BCUT2D eigenvalue weighted by molar-refractivity contribution is 6.02. The first-order valence-corrected chi connectivity index (χ1v) is 25.9. The number of nitrogens with one attached hydrogen (secondary N) is 5. The van der Waals surface area contributed by atoms with Gasteiger partial charge in [-0.2, -0.15) is 0 Å². The molecule has 1 aliphatic rings. The minimum atomic E-state index is -1.33. The van der Waals surface area contributed by atoms with Gasteiger partial charge in [0, 0.05) is 32.9 Å². The largest absolute Gasteiger partial charge is 0.445 e. The number of carbonyl (C=O) groups excluding carboxylic acids is 8. The lowest BCUT2D eigenvalue weighted by molar-refractivity contribution is -0.199. The Morgan fingerprint density at radius 1 is 0.500 bits per heavy atom. The van der Waals surface area contributed by atoms with Crippen LogP contribution >= 0.6 is 0 Å². The summed E-state index contributed by atoms with van der Waals surface area (Å²) in [4.78, 5) is 106. The number of amides is 7. The van der Waals surface area contributed by atoms with E-state index in [0.717, 1.165) is 5.56 Å². The fraction of sp³-hybridized carbons (Fsp3) is 0.615. The van der Waals surface area contributed by atoms with Gasteiger partial charge in [-0.15, -0.1) is 5.06 Å². The molecule has 1 saturated heterocycles. The lowest BCUT2D eigenvalue weighted by Crippen LogP contribution is -2.51. The van der Waals surface area contributed by atoms with Crippen molar-refractivity contribution in [1.82, 2.24) is 31.6 Å². The Balaban J connectivity index is 1.21. The maximum atomic E-state index is 13.3. The summed E-state index contributed by atoms with van der Waals surface area (Å²) in [6.07, 6.45) is -0.253. The zero-order valence-corrected chi connectivity index (χ0v) is 44.5. The topological polar surface area (TPSA) is 311 Å². The van der Waals surface area contributed by atoms with E-state index in [1.807, 2.05) is 6.07 Å². The van der Waals surface area contributed by atoms with Crippen molar-refractivity contribution in [2.24, 2.45) is 0 Å². The summed E-state index contributed by atoms with van der Waals surface area (Å²) in [7, 11) is 1.63. The summed E-state index contributed by atoms with van der Waals surface area (Å²) in [5, 5.41) is 12.9. The molecule has 3 rings (SSSR count). The van der Waals surface area contributed by atoms with E-state index in [9.17, 15) is 38.4 Å². The molecule has 0 spiro atoms. The van der Waals surface area contributed by atoms with Crippen LogP contribution in [0.15, 0.2) is 60.7 Å². The molecule has 436 valence electrons. The number of hydrogen-bond donors (Lipinski definition) is 5. The third kappa shape index (κ3) is 33.2. The summed E-state index contributed by atoms with van der Waals surface area (Å²) < 4.78 is 59.1. The van der Waals surface area contributed by atoms with Crippen LogP contribution in [0.3, 0.4) is 0 Å². The average Bonchev–Trinajstić information content (AvgIpc) is 3.76. The van der Waals surface area contributed by atoms with E-state index in [0.29, 0.717) is 129 Å². The minimum Gasteiger partial charge on any atom is -0.445 e. The summed E-state index contributed by atoms with van der Waals surface area (Å²) in [5.41, 5.74) is 1.35. The lowest BCUT2D eigenvalue weighted by atomic mass is 10.1. The van der Waals surface area contributed by atoms with Gasteiger partial charge in [0.25, 0.3) is 11.8 Å². The van der Waals surface area contributed by atoms with E-state index < -0.39 is 66.8 Å². The first-order chi connectivity index (χ1) is 38.0. The molecular weight excluding hydrogens is 1030 g/mol. The van der Waals surface area contributed by atoms with Crippen molar-refractivity contribution in [1.29, 1.82) is 0 Å². The third-order valence-corrected chi connectivity index (χ3v) is 10.7. The zero-order chi connectivity index (χ0) is 56.1. The van der Waals surface area contributed by atoms with E-state index in [1.54, 1.807) is 61.7 Å². The van der Waals surface area contributed by atoms with Crippen molar-refractivity contribution < 1.29 is 95.3 Å². The summed E-state index contributed by atoms with van der Waals surface area (Å²) in [6.45, 7) is 6.57. The maximum Gasteiger partial charge on any atom is 0.408 e. The van der Waals surface area contributed by atoms with Gasteiger partial charge in [-0.3, -0.25) is 28.8 Å². The number of benzene rings is 2. The summed E-state index contributed by atoms with van der Waals surface area (Å²) in [6, 6.07) is 15.0. The number of rotatable bonds is 47. The molecule has 26 heteroatoms. The van der Waals surface area contributed by atoms with Crippen LogP contribution in [-0.4, -0.2) is 217 Å². The fourth-order valence-corrected chi connectivity index (χ4v) is 6.63. The number of hydroxylamine groups is 2. The van der Waals surface area contributed by atoms with E-state index in [1.165, 1.54) is 0 Å². The Morgan fingerprint density at radius 3 is 1.46 bits per heavy atom. The van der Waals surface area contributed by atoms with Crippen molar-refractivity contribution >= 4 is 47.5 Å². The monoisotopic (exact) mass is 1110 g/mol. The smallest absolute Gasteiger partial charge is 0.408 e. The van der Waals surface area contributed by atoms with Crippen molar-refractivity contribution in [2.75, 3.05) is 152 Å². The molecule has 1 aliphatic heterocycles. The van der Waals surface area contributed by atoms with Crippen LogP contribution in [0.5, 0.6) is 0 Å². The molecule has 1 fully saturated rings. The lowest BCUT2D eigenvalue weighted by Gasteiger charge is -2.20. The molecule has 0 radical (unpaired) electrons. The Labute approximate surface area is 454 Å². The van der Waals surface area contributed by atoms with Crippen molar-refractivity contribution in [3.8, 4) is 0 Å². The average molecular weight is 1110 g/mol. The number of ether oxygens (including phenoxy) is 11. The Bertz CT molecular complexity index is 1990. The zero-order valence-electron chi connectivity index (χ0n) is 44.5. The summed E-state index contributed by atoms with van der Waals surface area (Å²) in [5.74, 6) is -5.09. The Kier molecular flexibility index (Phi) is 37.1. The van der Waals surface area contributed by atoms with Crippen molar-refractivity contribution in [2.45, 2.75) is 57.2 Å². The summed E-state index contributed by atoms with van der Waals surface area (Å²) >= 11 is 0. The van der Waals surface area contributed by atoms with E-state index in [2.05, 4.69) is 26.6 Å². The van der Waals surface area contributed by atoms with Crippen molar-refractivity contribution in [3.05, 3.63) is 71.8 Å². The second-order valence-corrected chi connectivity index (χ2v) is 16.8. The second-order valence-electron chi connectivity index (χ2n) is 16.8. The molecule has 0 unspecified atom stereocenters. The predicted octanol–water partition coefficient (Wildman–Crippen LogP) is -0.0692. The van der Waals surface area contributed by atoms with E-state index in [-0.39, 0.29) is 64.6 Å². The van der Waals surface area contributed by atoms with Gasteiger partial charge >= 0.3 is 12.1 Å². The first-order valence-electron chi connectivity index (χ1n) is 25.9. The number of imide groups is 1. The number of hydrogen-bond acceptors (Lipinski definition) is 20. The Morgan fingerprint density at radius 2 is 0.962 bits per heavy atom. The quantitative estimate of drug-likeness (QED) is 0.0428. The van der Waals surface area contributed by atoms with Crippen LogP contribution in [0.4, 0.5) is 4.79 Å². The maximum absolute atomic E-state index is 13.3. The van der Waals surface area contributed by atoms with Crippen LogP contribution in [0.2, 0.25) is 0 Å². The van der Waals surface area contributed by atoms with Gasteiger partial charge in [0.15, 0.2) is 0 Å². The van der Waals surface area contributed by atoms with E-state index in [4.69, 9.17) is 56.9 Å². The van der Waals surface area contributed by atoms with Gasteiger partial charge < -0.3 is 83.5 Å². The fourth-order valence-electron chi connectivity index (χ4n) is 6.63. The molecule has 0 aliphatic carbocycles. The highest BCUT2D eigenvalue weighted by atomic mass is 16.7. The van der Waals surface area contributed by atoms with Gasteiger partial charge in [0.2, 0.25) is 23.6 Å². The van der Waals surface area contributed by atoms with Gasteiger partial charge in [-0.1, -0.05) is 60.7 Å². The number of carbonyl (C=O) groups is 8. The van der Waals surface area contributed by atoms with E-state index >= 15 is 0 Å². The van der Waals surface area contributed by atoms with Crippen molar-refractivity contribution in [3.63, 3.8) is 0 Å². The molecule has 7 amide bonds. The van der Waals surface area contributed by atoms with Gasteiger partial charge in [-0.25, -0.2) is 9.59 Å². The highest BCUT2D eigenvalue weighted by Gasteiger charge is 2.35. The van der Waals surface area contributed by atoms with Crippen LogP contribution in [0.1, 0.15) is 43.2 Å². The van der Waals surface area contributed by atoms with Crippen LogP contribution in [0.25, 0.3) is 0 Å². The Hall–Kier alpha value is -6.20. The van der Waals surface area contributed by atoms with Gasteiger partial charge in [0.05, 0.1) is 132 Å². The molecule has 78 heavy (non-hydrogen) atoms. The molecule has 5 N–H and O–H groups in total. The molecular formula is C52H78N6O20. The normalized spacial score (nSPS) is 12.9. The number of alkyl carbamates (subject to hydrolysis) is 1. The number of unbranched alkanes of at least 4 members (excludes halogenated alkanes) is 1. The number of methoxy groups -OCH3 is 1. The molecule has 2 aromatic rings. The first kappa shape index (κ1) is 66.1. The van der Waals surface area contributed by atoms with Gasteiger partial charge in [0.1, 0.15) is 25.3 Å². The third-order valence-electron chi connectivity index (χ3n) is 10.7. The number of nitrogens with zero attached hydrogens (tertiary/aromatic N) is 1. The second kappa shape index (κ2) is 43.7. The van der Waals surface area contributed by atoms with Crippen LogP contribution < -0.4 is 26.6 Å². The molecule has 0 aromatic heterocycles. The molecule has 2 aromatic carbocycles.